The van der Waals surface area contributed by atoms with Gasteiger partial charge in [-0.3, -0.25) is 4.79 Å². The lowest BCUT2D eigenvalue weighted by Gasteiger charge is -2.44. The largest absolute Gasteiger partial charge is 0.477 e. The van der Waals surface area contributed by atoms with Crippen molar-refractivity contribution in [2.75, 3.05) is 13.3 Å². The number of carboxylic acids is 1. The van der Waals surface area contributed by atoms with Gasteiger partial charge in [-0.2, -0.15) is 0 Å². The van der Waals surface area contributed by atoms with Crippen LogP contribution in [-0.2, 0) is 14.3 Å². The molecular formula is C11H14N4O5. The summed E-state index contributed by atoms with van der Waals surface area (Å²) in [6, 6.07) is -0.327. The van der Waals surface area contributed by atoms with E-state index in [0.29, 0.717) is 12.0 Å². The van der Waals surface area contributed by atoms with Crippen molar-refractivity contribution >= 4 is 11.9 Å². The average Bonchev–Trinajstić information content (AvgIpc) is 2.69. The third-order valence-corrected chi connectivity index (χ3v) is 3.51. The molecule has 0 aromatic carbocycles. The summed E-state index contributed by atoms with van der Waals surface area (Å²) in [6.07, 6.45) is -0.471. The second-order valence-electron chi connectivity index (χ2n) is 4.71. The first-order chi connectivity index (χ1) is 9.49. The molecule has 0 aromatic heterocycles. The van der Waals surface area contributed by atoms with E-state index in [1.54, 1.807) is 0 Å². The number of hydrogen-bond donors (Lipinski definition) is 2. The molecule has 0 radical (unpaired) electrons. The fourth-order valence-corrected chi connectivity index (χ4v) is 2.73. The molecule has 1 fully saturated rings. The Morgan fingerprint density at radius 1 is 1.70 bits per heavy atom. The van der Waals surface area contributed by atoms with Crippen molar-refractivity contribution in [2.45, 2.75) is 25.5 Å². The van der Waals surface area contributed by atoms with Gasteiger partial charge in [0.2, 0.25) is 5.91 Å². The molecule has 2 aliphatic rings. The number of carbonyl (C=O) groups is 2. The fraction of sp³-hybridized carbons (Fsp3) is 0.636. The Bertz CT molecular complexity index is 523. The molecule has 0 spiro atoms. The highest BCUT2D eigenvalue weighted by Crippen LogP contribution is 2.43. The number of amides is 1. The van der Waals surface area contributed by atoms with Gasteiger partial charge in [0.05, 0.1) is 24.7 Å². The first-order valence-electron chi connectivity index (χ1n) is 6.04. The molecule has 2 N–H and O–H groups in total. The highest BCUT2D eigenvalue weighted by Gasteiger charge is 2.56. The van der Waals surface area contributed by atoms with Gasteiger partial charge in [-0.05, 0) is 24.4 Å². The number of ether oxygens (including phenoxy) is 1. The first kappa shape index (κ1) is 14.3. The Morgan fingerprint density at radius 2 is 2.40 bits per heavy atom. The molecule has 9 nitrogen and oxygen atoms in total. The van der Waals surface area contributed by atoms with Gasteiger partial charge >= 0.3 is 5.97 Å². The van der Waals surface area contributed by atoms with Crippen molar-refractivity contribution in [3.05, 3.63) is 21.7 Å². The van der Waals surface area contributed by atoms with E-state index in [-0.39, 0.29) is 31.0 Å². The van der Waals surface area contributed by atoms with Crippen LogP contribution in [-0.4, -0.2) is 52.5 Å². The van der Waals surface area contributed by atoms with E-state index in [2.05, 4.69) is 10.0 Å². The summed E-state index contributed by atoms with van der Waals surface area (Å²) in [7, 11) is 0. The maximum absolute atomic E-state index is 11.9. The third kappa shape index (κ3) is 2.22. The minimum Gasteiger partial charge on any atom is -0.477 e. The zero-order valence-electron chi connectivity index (χ0n) is 10.8. The van der Waals surface area contributed by atoms with Gasteiger partial charge in [0.1, 0.15) is 12.4 Å². The Kier molecular flexibility index (Phi) is 3.93. The maximum atomic E-state index is 11.9. The molecule has 0 saturated carbocycles. The predicted octanol–water partition coefficient (Wildman–Crippen LogP) is 0.221. The normalized spacial score (nSPS) is 25.9. The second kappa shape index (κ2) is 5.49. The Hall–Kier alpha value is -2.09. The van der Waals surface area contributed by atoms with E-state index in [0.717, 1.165) is 0 Å². The van der Waals surface area contributed by atoms with E-state index in [9.17, 15) is 19.8 Å². The van der Waals surface area contributed by atoms with Crippen LogP contribution in [0.3, 0.4) is 0 Å². The number of β-lactam (4-membered cyclic amide) rings is 1. The molecule has 1 saturated heterocycles. The topological polar surface area (TPSA) is 136 Å². The monoisotopic (exact) mass is 282 g/mol. The standard InChI is InChI=1S/C11H14N4O5/c1-5(16)8-7-2-6(3-20-4-13-14-12)9(11(18)19)15(7)10(8)17/h5,7-8,16H,2-4H2,1H3,(H,18,19). The quantitative estimate of drug-likeness (QED) is 0.236. The van der Waals surface area contributed by atoms with E-state index in [4.69, 9.17) is 10.3 Å². The zero-order chi connectivity index (χ0) is 14.9. The molecule has 0 aromatic rings. The van der Waals surface area contributed by atoms with Crippen LogP contribution in [0.4, 0.5) is 0 Å². The third-order valence-electron chi connectivity index (χ3n) is 3.51. The van der Waals surface area contributed by atoms with Gasteiger partial charge in [-0.15, -0.1) is 0 Å². The smallest absolute Gasteiger partial charge is 0.352 e. The van der Waals surface area contributed by atoms with Crippen molar-refractivity contribution in [1.29, 1.82) is 0 Å². The van der Waals surface area contributed by atoms with E-state index in [1.807, 2.05) is 0 Å². The van der Waals surface area contributed by atoms with Crippen molar-refractivity contribution in [3.8, 4) is 0 Å². The minimum atomic E-state index is -1.20. The number of rotatable bonds is 6. The van der Waals surface area contributed by atoms with Crippen LogP contribution in [0.1, 0.15) is 13.3 Å². The molecule has 108 valence electrons. The molecule has 1 amide bonds. The van der Waals surface area contributed by atoms with Crippen molar-refractivity contribution in [3.63, 3.8) is 0 Å². The van der Waals surface area contributed by atoms with Gasteiger partial charge in [-0.1, -0.05) is 5.11 Å². The lowest BCUT2D eigenvalue weighted by Crippen LogP contribution is -2.61. The van der Waals surface area contributed by atoms with Crippen LogP contribution < -0.4 is 0 Å². The number of nitrogens with zero attached hydrogens (tertiary/aromatic N) is 4. The Morgan fingerprint density at radius 3 is 2.95 bits per heavy atom. The lowest BCUT2D eigenvalue weighted by atomic mass is 9.83. The van der Waals surface area contributed by atoms with Crippen LogP contribution in [0.2, 0.25) is 0 Å². The number of carbonyl (C=O) groups excluding carboxylic acids is 1. The summed E-state index contributed by atoms with van der Waals surface area (Å²) in [4.78, 5) is 26.9. The molecule has 2 aliphatic heterocycles. The number of fused-ring (bicyclic) bond motifs is 1. The van der Waals surface area contributed by atoms with Gasteiger partial charge in [0.15, 0.2) is 0 Å². The summed E-state index contributed by atoms with van der Waals surface area (Å²) < 4.78 is 5.05. The first-order valence-corrected chi connectivity index (χ1v) is 6.04. The number of aliphatic hydroxyl groups is 1. The maximum Gasteiger partial charge on any atom is 0.352 e. The van der Waals surface area contributed by atoms with Crippen LogP contribution >= 0.6 is 0 Å². The Labute approximate surface area is 114 Å². The van der Waals surface area contributed by atoms with E-state index >= 15 is 0 Å². The van der Waals surface area contributed by atoms with Gasteiger partial charge in [-0.25, -0.2) is 4.79 Å². The van der Waals surface area contributed by atoms with E-state index < -0.39 is 18.0 Å². The number of azide groups is 1. The summed E-state index contributed by atoms with van der Waals surface area (Å²) in [6.45, 7) is 1.29. The average molecular weight is 282 g/mol. The SMILES string of the molecule is CC(O)C1C(=O)N2C(C(=O)O)=C(COCN=[N+]=[N-])CC12. The molecule has 3 atom stereocenters. The number of carboxylic acid groups (broad SMARTS) is 1. The van der Waals surface area contributed by atoms with Gasteiger partial charge in [0.25, 0.3) is 0 Å². The van der Waals surface area contributed by atoms with Gasteiger partial charge < -0.3 is 19.8 Å². The van der Waals surface area contributed by atoms with Crippen LogP contribution in [0, 0.1) is 5.92 Å². The number of aliphatic hydroxyl groups excluding tert-OH is 1. The summed E-state index contributed by atoms with van der Waals surface area (Å²) >= 11 is 0. The summed E-state index contributed by atoms with van der Waals surface area (Å²) in [5, 5.41) is 21.9. The fourth-order valence-electron chi connectivity index (χ4n) is 2.73. The van der Waals surface area contributed by atoms with Crippen LogP contribution in [0.25, 0.3) is 10.4 Å². The van der Waals surface area contributed by atoms with Crippen molar-refractivity contribution in [2.24, 2.45) is 11.0 Å². The van der Waals surface area contributed by atoms with Crippen molar-refractivity contribution in [1.82, 2.24) is 4.90 Å². The van der Waals surface area contributed by atoms with Crippen LogP contribution in [0.5, 0.6) is 0 Å². The molecule has 2 heterocycles. The lowest BCUT2D eigenvalue weighted by molar-refractivity contribution is -0.161. The zero-order valence-corrected chi connectivity index (χ0v) is 10.8. The summed E-state index contributed by atoms with van der Waals surface area (Å²) in [5.41, 5.74) is 8.49. The molecule has 3 unspecified atom stereocenters. The molecule has 20 heavy (non-hydrogen) atoms. The van der Waals surface area contributed by atoms with Crippen LogP contribution in [0.15, 0.2) is 16.4 Å². The number of aliphatic carboxylic acids is 1. The molecule has 0 bridgehead atoms. The Balaban J connectivity index is 2.13. The van der Waals surface area contributed by atoms with Gasteiger partial charge in [0, 0.05) is 4.91 Å². The highest BCUT2D eigenvalue weighted by atomic mass is 16.5. The number of hydrogen-bond acceptors (Lipinski definition) is 5. The molecule has 9 heteroatoms. The van der Waals surface area contributed by atoms with E-state index in [1.165, 1.54) is 11.8 Å². The highest BCUT2D eigenvalue weighted by molar-refractivity contribution is 5.99. The molecule has 2 rings (SSSR count). The second-order valence-corrected chi connectivity index (χ2v) is 4.71. The van der Waals surface area contributed by atoms with Crippen molar-refractivity contribution < 1.29 is 24.5 Å². The summed E-state index contributed by atoms with van der Waals surface area (Å²) in [5.74, 6) is -2.15. The molecule has 0 aliphatic carbocycles. The minimum absolute atomic E-state index is 0.0204. The molecular weight excluding hydrogens is 268 g/mol. The predicted molar refractivity (Wildman–Crippen MR) is 65.0 cm³/mol.